The van der Waals surface area contributed by atoms with Gasteiger partial charge in [-0.2, -0.15) is 5.10 Å². The quantitative estimate of drug-likeness (QED) is 0.730. The van der Waals surface area contributed by atoms with Gasteiger partial charge >= 0.3 is 0 Å². The first-order valence-corrected chi connectivity index (χ1v) is 8.35. The van der Waals surface area contributed by atoms with Gasteiger partial charge in [-0.05, 0) is 48.0 Å². The van der Waals surface area contributed by atoms with Crippen molar-refractivity contribution < 1.29 is 4.79 Å². The Bertz CT molecular complexity index is 855. The van der Waals surface area contributed by atoms with Crippen LogP contribution in [0.4, 0.5) is 5.69 Å². The molecule has 25 heavy (non-hydrogen) atoms. The lowest BCUT2D eigenvalue weighted by atomic mass is 10.2. The minimum absolute atomic E-state index is 0.277. The van der Waals surface area contributed by atoms with Crippen LogP contribution in [0.15, 0.2) is 30.6 Å². The van der Waals surface area contributed by atoms with Crippen molar-refractivity contribution >= 4 is 23.2 Å². The highest BCUT2D eigenvalue weighted by atomic mass is 35.5. The highest BCUT2D eigenvalue weighted by Gasteiger charge is 2.20. The average molecular weight is 360 g/mol. The van der Waals surface area contributed by atoms with Gasteiger partial charge in [0, 0.05) is 12.2 Å². The molecule has 2 heterocycles. The topological polar surface area (TPSA) is 90.5 Å². The maximum Gasteiger partial charge on any atom is 0.260 e. The number of nitrogens with zero attached hydrogens (tertiary/aromatic N) is 6. The Morgan fingerprint density at radius 2 is 2.04 bits per heavy atom. The van der Waals surface area contributed by atoms with Gasteiger partial charge < -0.3 is 5.32 Å². The van der Waals surface area contributed by atoms with Crippen molar-refractivity contribution in [2.24, 2.45) is 0 Å². The summed E-state index contributed by atoms with van der Waals surface area (Å²) in [6.07, 6.45) is 3.49. The zero-order chi connectivity index (χ0) is 17.8. The number of amides is 1. The number of hydrogen-bond donors (Lipinski definition) is 1. The maximum absolute atomic E-state index is 12.6. The van der Waals surface area contributed by atoms with Crippen molar-refractivity contribution in [2.45, 2.75) is 33.2 Å². The molecule has 2 aromatic heterocycles. The summed E-state index contributed by atoms with van der Waals surface area (Å²) in [6.45, 7) is 4.57. The van der Waals surface area contributed by atoms with Crippen LogP contribution in [0.25, 0.3) is 5.69 Å². The van der Waals surface area contributed by atoms with E-state index in [0.29, 0.717) is 28.6 Å². The van der Waals surface area contributed by atoms with E-state index in [0.717, 1.165) is 18.5 Å². The molecule has 0 radical (unpaired) electrons. The molecule has 0 fully saturated rings. The largest absolute Gasteiger partial charge is 0.322 e. The second kappa shape index (κ2) is 7.43. The molecule has 1 N–H and O–H groups in total. The predicted molar refractivity (Wildman–Crippen MR) is 94.0 cm³/mol. The lowest BCUT2D eigenvalue weighted by Crippen LogP contribution is -2.13. The molecule has 1 amide bonds. The van der Waals surface area contributed by atoms with Gasteiger partial charge in [0.25, 0.3) is 5.91 Å². The highest BCUT2D eigenvalue weighted by molar-refractivity contribution is 6.33. The third kappa shape index (κ3) is 3.69. The maximum atomic E-state index is 12.6. The third-order valence-electron chi connectivity index (χ3n) is 3.75. The van der Waals surface area contributed by atoms with E-state index < -0.39 is 0 Å². The molecule has 1 aromatic carbocycles. The molecule has 9 heteroatoms. The number of hydrogen-bond acceptors (Lipinski definition) is 5. The Balaban J connectivity index is 1.75. The van der Waals surface area contributed by atoms with E-state index in [1.807, 2.05) is 12.1 Å². The SMILES string of the molecule is CCCCn1nc(C)c(C(=O)Nc2ccc(-n3cnnn3)cc2)c1Cl. The summed E-state index contributed by atoms with van der Waals surface area (Å²) in [4.78, 5) is 12.6. The summed E-state index contributed by atoms with van der Waals surface area (Å²) < 4.78 is 3.21. The van der Waals surface area contributed by atoms with Crippen molar-refractivity contribution in [2.75, 3.05) is 5.32 Å². The van der Waals surface area contributed by atoms with Crippen LogP contribution >= 0.6 is 11.6 Å². The monoisotopic (exact) mass is 359 g/mol. The average Bonchev–Trinajstić information content (AvgIpc) is 3.22. The minimum Gasteiger partial charge on any atom is -0.322 e. The van der Waals surface area contributed by atoms with Gasteiger partial charge in [0.05, 0.1) is 16.9 Å². The number of unbranched alkanes of at least 4 members (excludes halogenated alkanes) is 1. The van der Waals surface area contributed by atoms with Crippen molar-refractivity contribution in [1.82, 2.24) is 30.0 Å². The molecule has 0 aliphatic rings. The third-order valence-corrected chi connectivity index (χ3v) is 4.14. The molecule has 0 aliphatic carbocycles. The molecule has 0 saturated carbocycles. The smallest absolute Gasteiger partial charge is 0.260 e. The van der Waals surface area contributed by atoms with Crippen LogP contribution in [0, 0.1) is 6.92 Å². The number of nitrogens with one attached hydrogen (secondary N) is 1. The number of rotatable bonds is 6. The molecule has 0 atom stereocenters. The Morgan fingerprint density at radius 1 is 1.28 bits per heavy atom. The fourth-order valence-corrected chi connectivity index (χ4v) is 2.78. The van der Waals surface area contributed by atoms with E-state index in [-0.39, 0.29) is 5.91 Å². The van der Waals surface area contributed by atoms with Crippen LogP contribution in [0.2, 0.25) is 5.15 Å². The number of anilines is 1. The minimum atomic E-state index is -0.277. The first kappa shape index (κ1) is 17.1. The molecule has 0 spiro atoms. The van der Waals surface area contributed by atoms with Gasteiger partial charge in [0.15, 0.2) is 0 Å². The lowest BCUT2D eigenvalue weighted by Gasteiger charge is -2.06. The van der Waals surface area contributed by atoms with Crippen LogP contribution in [0.1, 0.15) is 35.8 Å². The van der Waals surface area contributed by atoms with Crippen molar-refractivity contribution in [3.63, 3.8) is 0 Å². The van der Waals surface area contributed by atoms with Crippen LogP contribution < -0.4 is 5.32 Å². The standard InChI is InChI=1S/C16H18ClN7O/c1-3-4-9-23-15(17)14(11(2)20-23)16(25)19-12-5-7-13(8-6-12)24-10-18-21-22-24/h5-8,10H,3-4,9H2,1-2H3,(H,19,25). The molecule has 0 bridgehead atoms. The van der Waals surface area contributed by atoms with Gasteiger partial charge in [0.1, 0.15) is 11.5 Å². The molecule has 8 nitrogen and oxygen atoms in total. The summed E-state index contributed by atoms with van der Waals surface area (Å²) >= 11 is 6.33. The normalized spacial score (nSPS) is 10.8. The van der Waals surface area contributed by atoms with E-state index in [1.165, 1.54) is 11.0 Å². The summed E-state index contributed by atoms with van der Waals surface area (Å²) in [5.41, 5.74) is 2.47. The molecule has 3 rings (SSSR count). The number of carbonyl (C=O) groups excluding carboxylic acids is 1. The number of tetrazole rings is 1. The Kier molecular flexibility index (Phi) is 5.08. The second-order valence-electron chi connectivity index (χ2n) is 5.58. The number of carbonyl (C=O) groups is 1. The van der Waals surface area contributed by atoms with Crippen LogP contribution in [-0.4, -0.2) is 35.9 Å². The number of aromatic nitrogens is 6. The van der Waals surface area contributed by atoms with E-state index in [9.17, 15) is 4.79 Å². The Labute approximate surface area is 149 Å². The summed E-state index contributed by atoms with van der Waals surface area (Å²) in [7, 11) is 0. The second-order valence-corrected chi connectivity index (χ2v) is 5.94. The fourth-order valence-electron chi connectivity index (χ4n) is 2.44. The zero-order valence-electron chi connectivity index (χ0n) is 14.0. The van der Waals surface area contributed by atoms with Crippen LogP contribution in [0.5, 0.6) is 0 Å². The van der Waals surface area contributed by atoms with Crippen molar-refractivity contribution in [3.8, 4) is 5.69 Å². The molecule has 3 aromatic rings. The van der Waals surface area contributed by atoms with Gasteiger partial charge in [0.2, 0.25) is 0 Å². The van der Waals surface area contributed by atoms with E-state index in [4.69, 9.17) is 11.6 Å². The molecular weight excluding hydrogens is 342 g/mol. The number of benzene rings is 1. The van der Waals surface area contributed by atoms with Crippen LogP contribution in [0.3, 0.4) is 0 Å². The number of aryl methyl sites for hydroxylation is 2. The van der Waals surface area contributed by atoms with Crippen molar-refractivity contribution in [3.05, 3.63) is 47.0 Å². The van der Waals surface area contributed by atoms with Crippen molar-refractivity contribution in [1.29, 1.82) is 0 Å². The van der Waals surface area contributed by atoms with E-state index in [1.54, 1.807) is 23.7 Å². The molecular formula is C16H18ClN7O. The summed E-state index contributed by atoms with van der Waals surface area (Å²) in [5.74, 6) is -0.277. The number of halogens is 1. The molecule has 130 valence electrons. The lowest BCUT2D eigenvalue weighted by molar-refractivity contribution is 0.102. The highest BCUT2D eigenvalue weighted by Crippen LogP contribution is 2.22. The fraction of sp³-hybridized carbons (Fsp3) is 0.312. The van der Waals surface area contributed by atoms with Gasteiger partial charge in [-0.15, -0.1) is 5.10 Å². The molecule has 0 unspecified atom stereocenters. The first-order chi connectivity index (χ1) is 12.1. The first-order valence-electron chi connectivity index (χ1n) is 7.98. The van der Waals surface area contributed by atoms with Gasteiger partial charge in [-0.1, -0.05) is 24.9 Å². The van der Waals surface area contributed by atoms with E-state index in [2.05, 4.69) is 32.9 Å². The Hall–Kier alpha value is -2.74. The summed E-state index contributed by atoms with van der Waals surface area (Å²) in [5, 5.41) is 18.6. The predicted octanol–water partition coefficient (Wildman–Crippen LogP) is 2.87. The summed E-state index contributed by atoms with van der Waals surface area (Å²) in [6, 6.07) is 7.18. The molecule has 0 saturated heterocycles. The Morgan fingerprint density at radius 3 is 2.68 bits per heavy atom. The van der Waals surface area contributed by atoms with Crippen LogP contribution in [-0.2, 0) is 6.54 Å². The zero-order valence-corrected chi connectivity index (χ0v) is 14.7. The van der Waals surface area contributed by atoms with Gasteiger partial charge in [-0.25, -0.2) is 4.68 Å². The van der Waals surface area contributed by atoms with Gasteiger partial charge in [-0.3, -0.25) is 9.48 Å². The molecule has 0 aliphatic heterocycles. The van der Waals surface area contributed by atoms with E-state index >= 15 is 0 Å².